The first-order valence-electron chi connectivity index (χ1n) is 7.78. The van der Waals surface area contributed by atoms with Crippen molar-refractivity contribution in [1.29, 1.82) is 5.26 Å². The second kappa shape index (κ2) is 5.27. The summed E-state index contributed by atoms with van der Waals surface area (Å²) in [6.07, 6.45) is 9.73. The largest absolute Gasteiger partial charge is 0.365 e. The molecule has 4 nitrogen and oxygen atoms in total. The van der Waals surface area contributed by atoms with Crippen molar-refractivity contribution in [2.24, 2.45) is 5.92 Å². The summed E-state index contributed by atoms with van der Waals surface area (Å²) in [5, 5.41) is 14.0. The highest BCUT2D eigenvalue weighted by Crippen LogP contribution is 2.39. The van der Waals surface area contributed by atoms with Gasteiger partial charge in [-0.25, -0.2) is 9.97 Å². The molecule has 0 radical (unpaired) electrons. The Labute approximate surface area is 128 Å². The van der Waals surface area contributed by atoms with Gasteiger partial charge >= 0.3 is 0 Å². The molecule has 2 aliphatic carbocycles. The van der Waals surface area contributed by atoms with E-state index < -0.39 is 0 Å². The van der Waals surface area contributed by atoms with Crippen molar-refractivity contribution in [3.8, 4) is 6.07 Å². The number of nitrogens with zero attached hydrogens (tertiary/aromatic N) is 3. The minimum Gasteiger partial charge on any atom is -0.365 e. The summed E-state index contributed by atoms with van der Waals surface area (Å²) in [7, 11) is 0. The van der Waals surface area contributed by atoms with Crippen LogP contribution >= 0.6 is 11.3 Å². The van der Waals surface area contributed by atoms with Crippen molar-refractivity contribution in [3.63, 3.8) is 0 Å². The van der Waals surface area contributed by atoms with Gasteiger partial charge in [0.15, 0.2) is 0 Å². The molecule has 4 rings (SSSR count). The van der Waals surface area contributed by atoms with Gasteiger partial charge in [0.05, 0.1) is 17.4 Å². The summed E-state index contributed by atoms with van der Waals surface area (Å²) in [5.74, 6) is 1.07. The van der Waals surface area contributed by atoms with E-state index in [0.29, 0.717) is 0 Å². The van der Waals surface area contributed by atoms with Gasteiger partial charge < -0.3 is 5.32 Å². The van der Waals surface area contributed by atoms with Crippen LogP contribution in [0.5, 0.6) is 0 Å². The third-order valence-electron chi connectivity index (χ3n) is 4.76. The lowest BCUT2D eigenvalue weighted by atomic mass is 9.97. The number of nitriles is 1. The van der Waals surface area contributed by atoms with Gasteiger partial charge in [0, 0.05) is 10.9 Å². The highest BCUT2D eigenvalue weighted by molar-refractivity contribution is 7.19. The van der Waals surface area contributed by atoms with Gasteiger partial charge in [-0.1, -0.05) is 0 Å². The third-order valence-corrected chi connectivity index (χ3v) is 5.96. The molecule has 5 heteroatoms. The number of fused-ring (bicyclic) bond motifs is 3. The first-order chi connectivity index (χ1) is 10.4. The second-order valence-corrected chi connectivity index (χ2v) is 7.11. The number of hydrogen-bond acceptors (Lipinski definition) is 5. The molecule has 0 amide bonds. The fourth-order valence-electron chi connectivity index (χ4n) is 3.66. The van der Waals surface area contributed by atoms with Crippen LogP contribution in [0, 0.1) is 17.2 Å². The van der Waals surface area contributed by atoms with Gasteiger partial charge in [-0.05, 0) is 50.5 Å². The van der Waals surface area contributed by atoms with E-state index in [-0.39, 0.29) is 12.0 Å². The molecule has 1 N–H and O–H groups in total. The normalized spacial score (nSPS) is 24.7. The minimum absolute atomic E-state index is 0.115. The number of anilines is 1. The highest BCUT2D eigenvalue weighted by Gasteiger charge is 2.28. The van der Waals surface area contributed by atoms with Crippen LogP contribution in [0.25, 0.3) is 10.2 Å². The number of nitrogens with one attached hydrogen (secondary N) is 1. The van der Waals surface area contributed by atoms with Gasteiger partial charge in [-0.2, -0.15) is 5.26 Å². The first-order valence-corrected chi connectivity index (χ1v) is 8.60. The standard InChI is InChI=1S/C16H18N4S/c17-8-10-4-3-6-12(10)20-15-14-11-5-1-2-7-13(11)21-16(14)19-9-18-15/h9-10,12H,1-7H2,(H,18,19,20)/t10-,12+/m1/s1. The molecule has 0 aromatic carbocycles. The first kappa shape index (κ1) is 13.0. The molecule has 21 heavy (non-hydrogen) atoms. The molecule has 1 saturated carbocycles. The topological polar surface area (TPSA) is 61.6 Å². The molecule has 1 fully saturated rings. The Hall–Kier alpha value is -1.67. The fourth-order valence-corrected chi connectivity index (χ4v) is 4.89. The van der Waals surface area contributed by atoms with Crippen LogP contribution < -0.4 is 5.32 Å². The van der Waals surface area contributed by atoms with Gasteiger partial charge in [-0.15, -0.1) is 11.3 Å². The van der Waals surface area contributed by atoms with Gasteiger partial charge in [0.2, 0.25) is 0 Å². The average Bonchev–Trinajstić information content (AvgIpc) is 3.11. The maximum atomic E-state index is 9.26. The van der Waals surface area contributed by atoms with Gasteiger partial charge in [-0.3, -0.25) is 0 Å². The van der Waals surface area contributed by atoms with Crippen LogP contribution in [0.4, 0.5) is 5.82 Å². The molecular weight excluding hydrogens is 280 g/mol. The molecule has 2 aromatic heterocycles. The Bertz CT molecular complexity index is 715. The molecule has 0 bridgehead atoms. The molecule has 0 spiro atoms. The lowest BCUT2D eigenvalue weighted by molar-refractivity contribution is 0.628. The molecule has 2 aliphatic rings. The van der Waals surface area contributed by atoms with Crippen molar-refractivity contribution >= 4 is 27.4 Å². The monoisotopic (exact) mass is 298 g/mol. The molecule has 2 heterocycles. The van der Waals surface area contributed by atoms with Crippen molar-refractivity contribution in [1.82, 2.24) is 9.97 Å². The quantitative estimate of drug-likeness (QED) is 0.918. The maximum Gasteiger partial charge on any atom is 0.138 e. The van der Waals surface area contributed by atoms with Crippen LogP contribution in [0.2, 0.25) is 0 Å². The summed E-state index contributed by atoms with van der Waals surface area (Å²) in [6.45, 7) is 0. The molecule has 0 saturated heterocycles. The van der Waals surface area contributed by atoms with E-state index in [1.165, 1.54) is 35.1 Å². The van der Waals surface area contributed by atoms with Gasteiger partial charge in [0.1, 0.15) is 17.0 Å². The predicted octanol–water partition coefficient (Wildman–Crippen LogP) is 3.67. The number of thiophene rings is 1. The smallest absolute Gasteiger partial charge is 0.138 e. The Kier molecular flexibility index (Phi) is 3.27. The van der Waals surface area contributed by atoms with E-state index >= 15 is 0 Å². The summed E-state index contributed by atoms with van der Waals surface area (Å²) in [6, 6.07) is 2.68. The van der Waals surface area contributed by atoms with Gasteiger partial charge in [0.25, 0.3) is 0 Å². The van der Waals surface area contributed by atoms with Crippen LogP contribution in [-0.2, 0) is 12.8 Å². The molecule has 108 valence electrons. The predicted molar refractivity (Wildman–Crippen MR) is 84.4 cm³/mol. The fraction of sp³-hybridized carbons (Fsp3) is 0.562. The number of aryl methyl sites for hydroxylation is 2. The molecule has 0 unspecified atom stereocenters. The highest BCUT2D eigenvalue weighted by atomic mass is 32.1. The van der Waals surface area contributed by atoms with E-state index in [1.54, 1.807) is 6.33 Å². The van der Waals surface area contributed by atoms with Crippen molar-refractivity contribution in [2.75, 3.05) is 5.32 Å². The van der Waals surface area contributed by atoms with Crippen molar-refractivity contribution < 1.29 is 0 Å². The SMILES string of the molecule is N#C[C@H]1CCC[C@@H]1Nc1ncnc2sc3c(c12)CCCC3. The van der Waals surface area contributed by atoms with Crippen LogP contribution in [0.3, 0.4) is 0 Å². The number of aromatic nitrogens is 2. The van der Waals surface area contributed by atoms with E-state index in [4.69, 9.17) is 0 Å². The Morgan fingerprint density at radius 3 is 3.00 bits per heavy atom. The molecule has 2 aromatic rings. The minimum atomic E-state index is 0.115. The zero-order valence-corrected chi connectivity index (χ0v) is 12.7. The lowest BCUT2D eigenvalue weighted by Crippen LogP contribution is -2.23. The van der Waals surface area contributed by atoms with Crippen LogP contribution in [-0.4, -0.2) is 16.0 Å². The molecular formula is C16H18N4S. The van der Waals surface area contributed by atoms with Crippen LogP contribution in [0.1, 0.15) is 42.5 Å². The number of rotatable bonds is 2. The second-order valence-electron chi connectivity index (χ2n) is 6.03. The summed E-state index contributed by atoms with van der Waals surface area (Å²) in [5.41, 5.74) is 1.45. The Morgan fingerprint density at radius 2 is 2.10 bits per heavy atom. The lowest BCUT2D eigenvalue weighted by Gasteiger charge is -2.18. The van der Waals surface area contributed by atoms with E-state index in [0.717, 1.165) is 36.3 Å². The third kappa shape index (κ3) is 2.18. The van der Waals surface area contributed by atoms with E-state index in [1.807, 2.05) is 11.3 Å². The zero-order chi connectivity index (χ0) is 14.2. The average molecular weight is 298 g/mol. The van der Waals surface area contributed by atoms with E-state index in [9.17, 15) is 5.26 Å². The summed E-state index contributed by atoms with van der Waals surface area (Å²) < 4.78 is 0. The maximum absolute atomic E-state index is 9.26. The summed E-state index contributed by atoms with van der Waals surface area (Å²) in [4.78, 5) is 11.5. The summed E-state index contributed by atoms with van der Waals surface area (Å²) >= 11 is 1.82. The van der Waals surface area contributed by atoms with E-state index in [2.05, 4.69) is 21.4 Å². The van der Waals surface area contributed by atoms with Crippen molar-refractivity contribution in [2.45, 2.75) is 51.0 Å². The molecule has 0 aliphatic heterocycles. The Morgan fingerprint density at radius 1 is 1.19 bits per heavy atom. The molecule has 2 atom stereocenters. The number of hydrogen-bond donors (Lipinski definition) is 1. The zero-order valence-electron chi connectivity index (χ0n) is 11.9. The Balaban J connectivity index is 1.75. The van der Waals surface area contributed by atoms with Crippen LogP contribution in [0.15, 0.2) is 6.33 Å². The van der Waals surface area contributed by atoms with Crippen molar-refractivity contribution in [3.05, 3.63) is 16.8 Å².